The molecule has 0 unspecified atom stereocenters. The quantitative estimate of drug-likeness (QED) is 0.861. The summed E-state index contributed by atoms with van der Waals surface area (Å²) in [5.74, 6) is 0. The second-order valence-corrected chi connectivity index (χ2v) is 7.39. The third-order valence-electron chi connectivity index (χ3n) is 4.05. The van der Waals surface area contributed by atoms with Gasteiger partial charge in [-0.2, -0.15) is 0 Å². The van der Waals surface area contributed by atoms with Gasteiger partial charge in [0.15, 0.2) is 0 Å². The third kappa shape index (κ3) is 4.35. The number of carbonyl (C=O) groups is 1. The molecule has 116 valence electrons. The van der Waals surface area contributed by atoms with Crippen LogP contribution in [0.15, 0.2) is 0 Å². The molecule has 0 saturated carbocycles. The van der Waals surface area contributed by atoms with Gasteiger partial charge in [-0.3, -0.25) is 0 Å². The first-order valence-electron chi connectivity index (χ1n) is 7.57. The van der Waals surface area contributed by atoms with Crippen molar-refractivity contribution in [1.29, 1.82) is 0 Å². The Bertz CT molecular complexity index is 340. The lowest BCUT2D eigenvalue weighted by Gasteiger charge is -2.42. The van der Waals surface area contributed by atoms with Crippen molar-refractivity contribution in [2.75, 3.05) is 32.8 Å². The van der Waals surface area contributed by atoms with Gasteiger partial charge in [-0.05, 0) is 39.0 Å². The number of hydrogen-bond acceptors (Lipinski definition) is 4. The number of nitrogens with one attached hydrogen (secondary N) is 1. The molecule has 0 aliphatic carbocycles. The molecule has 20 heavy (non-hydrogen) atoms. The molecule has 2 aliphatic rings. The van der Waals surface area contributed by atoms with Gasteiger partial charge in [-0.25, -0.2) is 4.79 Å². The predicted octanol–water partition coefficient (Wildman–Crippen LogP) is 2.01. The van der Waals surface area contributed by atoms with E-state index in [-0.39, 0.29) is 6.09 Å². The number of amides is 1. The molecular weight excluding hydrogens is 256 g/mol. The molecule has 1 N–H and O–H groups in total. The summed E-state index contributed by atoms with van der Waals surface area (Å²) in [5.41, 5.74) is -0.0736. The van der Waals surface area contributed by atoms with Crippen molar-refractivity contribution < 1.29 is 14.3 Å². The summed E-state index contributed by atoms with van der Waals surface area (Å²) < 4.78 is 10.8. The molecule has 2 rings (SSSR count). The van der Waals surface area contributed by atoms with E-state index < -0.39 is 5.60 Å². The number of nitrogens with zero attached hydrogens (tertiary/aromatic N) is 1. The largest absolute Gasteiger partial charge is 0.444 e. The fourth-order valence-electron chi connectivity index (χ4n) is 2.51. The van der Waals surface area contributed by atoms with Crippen LogP contribution < -0.4 is 5.32 Å². The average Bonchev–Trinajstić information content (AvgIpc) is 2.25. The van der Waals surface area contributed by atoms with Crippen LogP contribution in [0.1, 0.15) is 40.5 Å². The second kappa shape index (κ2) is 5.90. The van der Waals surface area contributed by atoms with Crippen molar-refractivity contribution in [2.45, 2.75) is 52.2 Å². The molecule has 0 aromatic carbocycles. The molecule has 0 radical (unpaired) electrons. The minimum absolute atomic E-state index is 0.201. The first kappa shape index (κ1) is 15.6. The fraction of sp³-hybridized carbons (Fsp3) is 0.933. The summed E-state index contributed by atoms with van der Waals surface area (Å²) in [6, 6.07) is 0.405. The summed E-state index contributed by atoms with van der Waals surface area (Å²) in [5, 5.41) is 3.57. The fourth-order valence-corrected chi connectivity index (χ4v) is 2.51. The third-order valence-corrected chi connectivity index (χ3v) is 4.05. The topological polar surface area (TPSA) is 50.8 Å². The summed E-state index contributed by atoms with van der Waals surface area (Å²) in [6.45, 7) is 12.2. The van der Waals surface area contributed by atoms with E-state index in [1.54, 1.807) is 4.90 Å². The van der Waals surface area contributed by atoms with Crippen molar-refractivity contribution >= 4 is 6.09 Å². The van der Waals surface area contributed by atoms with Gasteiger partial charge in [0, 0.05) is 38.9 Å². The van der Waals surface area contributed by atoms with Crippen LogP contribution in [0.2, 0.25) is 0 Å². The van der Waals surface area contributed by atoms with Crippen LogP contribution in [0.5, 0.6) is 0 Å². The molecule has 1 amide bonds. The Morgan fingerprint density at radius 2 is 1.95 bits per heavy atom. The van der Waals surface area contributed by atoms with Gasteiger partial charge in [0.2, 0.25) is 0 Å². The van der Waals surface area contributed by atoms with E-state index in [0.29, 0.717) is 11.5 Å². The zero-order valence-electron chi connectivity index (χ0n) is 13.2. The van der Waals surface area contributed by atoms with Crippen LogP contribution >= 0.6 is 0 Å². The Morgan fingerprint density at radius 3 is 2.50 bits per heavy atom. The number of ether oxygens (including phenoxy) is 2. The molecule has 2 fully saturated rings. The molecule has 0 aromatic heterocycles. The molecule has 2 saturated heterocycles. The SMILES string of the molecule is CC1(CNC2CN(C(=O)OC(C)(C)C)C2)CCOCC1. The average molecular weight is 284 g/mol. The predicted molar refractivity (Wildman–Crippen MR) is 77.8 cm³/mol. The highest BCUT2D eigenvalue weighted by Gasteiger charge is 2.35. The van der Waals surface area contributed by atoms with Gasteiger partial charge in [0.1, 0.15) is 5.60 Å². The maximum atomic E-state index is 11.8. The molecule has 5 nitrogen and oxygen atoms in total. The van der Waals surface area contributed by atoms with E-state index in [4.69, 9.17) is 9.47 Å². The lowest BCUT2D eigenvalue weighted by Crippen LogP contribution is -2.61. The Kier molecular flexibility index (Phi) is 4.59. The highest BCUT2D eigenvalue weighted by molar-refractivity contribution is 5.69. The molecule has 5 heteroatoms. The second-order valence-electron chi connectivity index (χ2n) is 7.39. The van der Waals surface area contributed by atoms with Crippen molar-refractivity contribution in [1.82, 2.24) is 10.2 Å². The van der Waals surface area contributed by atoms with E-state index in [0.717, 1.165) is 45.7 Å². The van der Waals surface area contributed by atoms with E-state index in [1.807, 2.05) is 20.8 Å². The first-order valence-corrected chi connectivity index (χ1v) is 7.57. The summed E-state index contributed by atoms with van der Waals surface area (Å²) in [6.07, 6.45) is 2.03. The van der Waals surface area contributed by atoms with E-state index in [9.17, 15) is 4.79 Å². The van der Waals surface area contributed by atoms with Crippen molar-refractivity contribution in [3.05, 3.63) is 0 Å². The number of likely N-dealkylation sites (tertiary alicyclic amines) is 1. The summed E-state index contributed by atoms with van der Waals surface area (Å²) in [7, 11) is 0. The van der Waals surface area contributed by atoms with Crippen molar-refractivity contribution in [2.24, 2.45) is 5.41 Å². The van der Waals surface area contributed by atoms with Crippen molar-refractivity contribution in [3.63, 3.8) is 0 Å². The van der Waals surface area contributed by atoms with Crippen LogP contribution in [0.3, 0.4) is 0 Å². The van der Waals surface area contributed by atoms with E-state index in [1.165, 1.54) is 0 Å². The van der Waals surface area contributed by atoms with Crippen LogP contribution in [0.4, 0.5) is 4.79 Å². The lowest BCUT2D eigenvalue weighted by molar-refractivity contribution is -0.000896. The monoisotopic (exact) mass is 284 g/mol. The Labute approximate surface area is 122 Å². The molecule has 0 aromatic rings. The number of carbonyl (C=O) groups excluding carboxylic acids is 1. The van der Waals surface area contributed by atoms with Crippen LogP contribution in [-0.4, -0.2) is 55.5 Å². The summed E-state index contributed by atoms with van der Waals surface area (Å²) >= 11 is 0. The van der Waals surface area contributed by atoms with Crippen LogP contribution in [0, 0.1) is 5.41 Å². The minimum atomic E-state index is -0.412. The van der Waals surface area contributed by atoms with Gasteiger partial charge in [0.25, 0.3) is 0 Å². The standard InChI is InChI=1S/C15H28N2O3/c1-14(2,3)20-13(18)17-9-12(10-17)16-11-15(4)5-7-19-8-6-15/h12,16H,5-11H2,1-4H3. The zero-order chi connectivity index (χ0) is 14.8. The van der Waals surface area contributed by atoms with Crippen molar-refractivity contribution in [3.8, 4) is 0 Å². The molecule has 2 aliphatic heterocycles. The van der Waals surface area contributed by atoms with E-state index in [2.05, 4.69) is 12.2 Å². The van der Waals surface area contributed by atoms with Gasteiger partial charge < -0.3 is 19.7 Å². The van der Waals surface area contributed by atoms with Crippen LogP contribution in [-0.2, 0) is 9.47 Å². The maximum absolute atomic E-state index is 11.8. The summed E-state index contributed by atoms with van der Waals surface area (Å²) in [4.78, 5) is 13.6. The van der Waals surface area contributed by atoms with Gasteiger partial charge in [-0.1, -0.05) is 6.92 Å². The lowest BCUT2D eigenvalue weighted by atomic mass is 9.82. The Hall–Kier alpha value is -0.810. The van der Waals surface area contributed by atoms with Gasteiger partial charge in [-0.15, -0.1) is 0 Å². The molecule has 0 bridgehead atoms. The molecule has 0 spiro atoms. The molecular formula is C15H28N2O3. The first-order chi connectivity index (χ1) is 9.27. The smallest absolute Gasteiger partial charge is 0.410 e. The van der Waals surface area contributed by atoms with Gasteiger partial charge >= 0.3 is 6.09 Å². The maximum Gasteiger partial charge on any atom is 0.410 e. The minimum Gasteiger partial charge on any atom is -0.444 e. The number of hydrogen-bond donors (Lipinski definition) is 1. The molecule has 2 heterocycles. The normalized spacial score (nSPS) is 23.3. The van der Waals surface area contributed by atoms with E-state index >= 15 is 0 Å². The highest BCUT2D eigenvalue weighted by atomic mass is 16.6. The van der Waals surface area contributed by atoms with Gasteiger partial charge in [0.05, 0.1) is 0 Å². The number of rotatable bonds is 3. The van der Waals surface area contributed by atoms with Crippen LogP contribution in [0.25, 0.3) is 0 Å². The molecule has 0 atom stereocenters. The Morgan fingerprint density at radius 1 is 1.35 bits per heavy atom. The highest BCUT2D eigenvalue weighted by Crippen LogP contribution is 2.29. The Balaban J connectivity index is 1.65. The zero-order valence-corrected chi connectivity index (χ0v) is 13.2.